The molecule has 3 heterocycles. The number of anilines is 1. The first-order chi connectivity index (χ1) is 21.8. The number of hydrogen-bond donors (Lipinski definition) is 2. The molecule has 0 unspecified atom stereocenters. The van der Waals surface area contributed by atoms with Crippen molar-refractivity contribution in [2.75, 3.05) is 5.32 Å². The Kier molecular flexibility index (Phi) is 8.03. The zero-order valence-electron chi connectivity index (χ0n) is 24.2. The number of aryl methyl sites for hydroxylation is 2. The number of nitrogens with one attached hydrogen (secondary N) is 2. The van der Waals surface area contributed by atoms with Crippen molar-refractivity contribution < 1.29 is 23.0 Å². The van der Waals surface area contributed by atoms with Crippen LogP contribution in [0.3, 0.4) is 0 Å². The van der Waals surface area contributed by atoms with Crippen LogP contribution in [0.4, 0.5) is 14.5 Å². The predicted molar refractivity (Wildman–Crippen MR) is 167 cm³/mol. The first-order valence-corrected chi connectivity index (χ1v) is 14.0. The van der Waals surface area contributed by atoms with Crippen molar-refractivity contribution in [1.82, 2.24) is 15.0 Å². The Balaban J connectivity index is 1.20. The lowest BCUT2D eigenvalue weighted by Crippen LogP contribution is -2.26. The first-order valence-electron chi connectivity index (χ1n) is 14.0. The topological polar surface area (TPSA) is 106 Å². The Morgan fingerprint density at radius 3 is 2.42 bits per heavy atom. The average molecular weight is 605 g/mol. The summed E-state index contributed by atoms with van der Waals surface area (Å²) in [5.74, 6) is -1.22. The van der Waals surface area contributed by atoms with Gasteiger partial charge in [0, 0.05) is 47.0 Å². The van der Waals surface area contributed by atoms with Crippen LogP contribution in [0.1, 0.15) is 27.3 Å². The lowest BCUT2D eigenvalue weighted by atomic mass is 9.99. The van der Waals surface area contributed by atoms with E-state index < -0.39 is 23.0 Å². The molecule has 45 heavy (non-hydrogen) atoms. The van der Waals surface area contributed by atoms with Gasteiger partial charge in [0.05, 0.1) is 11.7 Å². The van der Waals surface area contributed by atoms with Crippen molar-refractivity contribution >= 4 is 22.6 Å². The second kappa shape index (κ2) is 12.4. The SMILES string of the molecule is Cc1[nH]c(C)c(-c2ccc(F)cc2)c(=O)c1C(=O)Nc1ccc(Oc2ccnc3cc(OCc4ccccc4)cnc23)c(F)c1. The van der Waals surface area contributed by atoms with E-state index in [-0.39, 0.29) is 28.3 Å². The third-order valence-electron chi connectivity index (χ3n) is 7.11. The minimum Gasteiger partial charge on any atom is -0.487 e. The Hall–Kier alpha value is -5.90. The number of hydrogen-bond acceptors (Lipinski definition) is 6. The second-order valence-electron chi connectivity index (χ2n) is 10.3. The van der Waals surface area contributed by atoms with E-state index in [9.17, 15) is 14.0 Å². The molecule has 0 atom stereocenters. The van der Waals surface area contributed by atoms with Gasteiger partial charge in [0.1, 0.15) is 29.3 Å². The molecule has 0 spiro atoms. The van der Waals surface area contributed by atoms with E-state index in [1.807, 2.05) is 30.3 Å². The number of rotatable bonds is 8. The van der Waals surface area contributed by atoms with Crippen molar-refractivity contribution in [3.8, 4) is 28.4 Å². The summed E-state index contributed by atoms with van der Waals surface area (Å²) < 4.78 is 40.4. The molecule has 6 aromatic rings. The summed E-state index contributed by atoms with van der Waals surface area (Å²) in [6, 6.07) is 22.3. The fourth-order valence-corrected chi connectivity index (χ4v) is 4.97. The van der Waals surface area contributed by atoms with Gasteiger partial charge in [-0.1, -0.05) is 42.5 Å². The molecular weight excluding hydrogens is 578 g/mol. The van der Waals surface area contributed by atoms with Gasteiger partial charge >= 0.3 is 0 Å². The van der Waals surface area contributed by atoms with Gasteiger partial charge in [-0.15, -0.1) is 0 Å². The zero-order chi connectivity index (χ0) is 31.5. The van der Waals surface area contributed by atoms with Crippen LogP contribution in [-0.2, 0) is 6.61 Å². The van der Waals surface area contributed by atoms with E-state index in [0.717, 1.165) is 11.6 Å². The lowest BCUT2D eigenvalue weighted by Gasteiger charge is -2.13. The highest BCUT2D eigenvalue weighted by Gasteiger charge is 2.21. The van der Waals surface area contributed by atoms with Crippen molar-refractivity contribution in [1.29, 1.82) is 0 Å². The molecule has 0 aliphatic heterocycles. The summed E-state index contributed by atoms with van der Waals surface area (Å²) in [4.78, 5) is 38.4. The number of ether oxygens (including phenoxy) is 2. The number of aromatic amines is 1. The second-order valence-corrected chi connectivity index (χ2v) is 10.3. The summed E-state index contributed by atoms with van der Waals surface area (Å²) in [5, 5.41) is 2.59. The van der Waals surface area contributed by atoms with Crippen molar-refractivity contribution in [3.63, 3.8) is 0 Å². The van der Waals surface area contributed by atoms with Crippen LogP contribution in [0.2, 0.25) is 0 Å². The zero-order valence-corrected chi connectivity index (χ0v) is 24.2. The molecule has 0 radical (unpaired) electrons. The van der Waals surface area contributed by atoms with Crippen LogP contribution in [0.5, 0.6) is 17.2 Å². The molecule has 0 aliphatic rings. The number of nitrogens with zero attached hydrogens (tertiary/aromatic N) is 2. The van der Waals surface area contributed by atoms with Crippen LogP contribution < -0.4 is 20.2 Å². The van der Waals surface area contributed by atoms with Crippen LogP contribution in [0.15, 0.2) is 102 Å². The van der Waals surface area contributed by atoms with E-state index >= 15 is 4.39 Å². The maximum absolute atomic E-state index is 15.2. The number of aromatic nitrogens is 3. The predicted octanol–water partition coefficient (Wildman–Crippen LogP) is 7.50. The van der Waals surface area contributed by atoms with E-state index in [1.54, 1.807) is 32.2 Å². The van der Waals surface area contributed by atoms with Crippen molar-refractivity contribution in [2.24, 2.45) is 0 Å². The molecule has 0 aliphatic carbocycles. The van der Waals surface area contributed by atoms with Gasteiger partial charge in [0.15, 0.2) is 17.3 Å². The summed E-state index contributed by atoms with van der Waals surface area (Å²) in [6.45, 7) is 3.66. The van der Waals surface area contributed by atoms with Gasteiger partial charge < -0.3 is 19.8 Å². The molecule has 10 heteroatoms. The number of carbonyl (C=O) groups excluding carboxylic acids is 1. The quantitative estimate of drug-likeness (QED) is 0.186. The van der Waals surface area contributed by atoms with E-state index in [0.29, 0.717) is 40.3 Å². The van der Waals surface area contributed by atoms with Gasteiger partial charge in [-0.25, -0.2) is 13.8 Å². The van der Waals surface area contributed by atoms with Crippen molar-refractivity contribution in [2.45, 2.75) is 20.5 Å². The maximum Gasteiger partial charge on any atom is 0.261 e. The minimum absolute atomic E-state index is 0.102. The average Bonchev–Trinajstić information content (AvgIpc) is 3.02. The minimum atomic E-state index is -0.748. The normalized spacial score (nSPS) is 10.9. The monoisotopic (exact) mass is 604 g/mol. The molecule has 3 aromatic carbocycles. The Labute approximate surface area is 256 Å². The number of amides is 1. The molecule has 0 saturated carbocycles. The van der Waals surface area contributed by atoms with Gasteiger partial charge in [0.2, 0.25) is 5.43 Å². The summed E-state index contributed by atoms with van der Waals surface area (Å²) in [7, 11) is 0. The molecule has 3 aromatic heterocycles. The number of halogens is 2. The van der Waals surface area contributed by atoms with Gasteiger partial charge in [-0.05, 0) is 49.2 Å². The molecule has 6 rings (SSSR count). The Morgan fingerprint density at radius 2 is 1.67 bits per heavy atom. The van der Waals surface area contributed by atoms with E-state index in [4.69, 9.17) is 9.47 Å². The Morgan fingerprint density at radius 1 is 0.889 bits per heavy atom. The van der Waals surface area contributed by atoms with Crippen LogP contribution in [0, 0.1) is 25.5 Å². The first kappa shape index (κ1) is 29.2. The van der Waals surface area contributed by atoms with E-state index in [2.05, 4.69) is 20.3 Å². The highest BCUT2D eigenvalue weighted by Crippen LogP contribution is 2.32. The standard InChI is InChI=1S/C35H26F2N4O4/c1-20-31(23-8-10-24(36)11-9-23)34(42)32(21(2)40-20)35(43)41-25-12-13-29(27(37)16-25)45-30-14-15-38-28-17-26(18-39-33(28)30)44-19-22-6-4-3-5-7-22/h3-18H,19H2,1-2H3,(H,40,42)(H,41,43). The summed E-state index contributed by atoms with van der Waals surface area (Å²) in [5.41, 5.74) is 2.95. The summed E-state index contributed by atoms with van der Waals surface area (Å²) in [6.07, 6.45) is 3.07. The maximum atomic E-state index is 15.2. The van der Waals surface area contributed by atoms with Gasteiger partial charge in [-0.2, -0.15) is 0 Å². The van der Waals surface area contributed by atoms with Crippen molar-refractivity contribution in [3.05, 3.63) is 142 Å². The molecular formula is C35H26F2N4O4. The van der Waals surface area contributed by atoms with Crippen LogP contribution in [-0.4, -0.2) is 20.9 Å². The number of fused-ring (bicyclic) bond motifs is 1. The highest BCUT2D eigenvalue weighted by molar-refractivity contribution is 6.05. The fraction of sp³-hybridized carbons (Fsp3) is 0.0857. The van der Waals surface area contributed by atoms with E-state index in [1.165, 1.54) is 42.6 Å². The summed E-state index contributed by atoms with van der Waals surface area (Å²) >= 11 is 0. The molecule has 0 saturated heterocycles. The number of benzene rings is 3. The molecule has 1 amide bonds. The Bertz CT molecular complexity index is 2100. The number of carbonyl (C=O) groups is 1. The third-order valence-corrected chi connectivity index (χ3v) is 7.11. The van der Waals surface area contributed by atoms with Gasteiger partial charge in [-0.3, -0.25) is 14.6 Å². The highest BCUT2D eigenvalue weighted by atomic mass is 19.1. The number of pyridine rings is 3. The van der Waals surface area contributed by atoms with Crippen LogP contribution in [0.25, 0.3) is 22.2 Å². The largest absolute Gasteiger partial charge is 0.487 e. The molecule has 2 N–H and O–H groups in total. The molecule has 8 nitrogen and oxygen atoms in total. The fourth-order valence-electron chi connectivity index (χ4n) is 4.97. The van der Waals surface area contributed by atoms with Gasteiger partial charge in [0.25, 0.3) is 5.91 Å². The molecule has 0 fully saturated rings. The molecule has 224 valence electrons. The lowest BCUT2D eigenvalue weighted by molar-refractivity contribution is 0.102. The molecule has 0 bridgehead atoms. The van der Waals surface area contributed by atoms with Crippen LogP contribution >= 0.6 is 0 Å². The smallest absolute Gasteiger partial charge is 0.261 e. The number of H-pyrrole nitrogens is 1. The third kappa shape index (κ3) is 6.25.